The Kier molecular flexibility index (Phi) is 5.19. The first kappa shape index (κ1) is 16.4. The molecule has 0 saturated heterocycles. The average molecular weight is 316 g/mol. The Bertz CT molecular complexity index is 681. The lowest BCUT2D eigenvalue weighted by molar-refractivity contribution is 0.0734. The summed E-state index contributed by atoms with van der Waals surface area (Å²) >= 11 is 0. The highest BCUT2D eigenvalue weighted by atomic mass is 16.5. The molecule has 0 aromatic heterocycles. The van der Waals surface area contributed by atoms with E-state index >= 15 is 0 Å². The molecule has 23 heavy (non-hydrogen) atoms. The monoisotopic (exact) mass is 316 g/mol. The van der Waals surface area contributed by atoms with Crippen molar-refractivity contribution in [2.75, 3.05) is 21.3 Å². The lowest BCUT2D eigenvalue weighted by Gasteiger charge is -2.13. The number of methoxy groups -OCH3 is 3. The van der Waals surface area contributed by atoms with Crippen LogP contribution in [-0.4, -0.2) is 33.6 Å². The van der Waals surface area contributed by atoms with Gasteiger partial charge in [0.15, 0.2) is 11.5 Å². The Morgan fingerprint density at radius 1 is 0.913 bits per heavy atom. The average Bonchev–Trinajstić information content (AvgIpc) is 2.60. The third-order valence-electron chi connectivity index (χ3n) is 3.13. The molecule has 2 rings (SSSR count). The number of benzene rings is 2. The van der Waals surface area contributed by atoms with Crippen molar-refractivity contribution in [3.05, 3.63) is 47.5 Å². The van der Waals surface area contributed by atoms with Crippen LogP contribution in [0.3, 0.4) is 0 Å². The normalized spacial score (nSPS) is 9.87. The van der Waals surface area contributed by atoms with Crippen LogP contribution < -0.4 is 18.9 Å². The third-order valence-corrected chi connectivity index (χ3v) is 3.13. The molecule has 0 unspecified atom stereocenters. The highest BCUT2D eigenvalue weighted by molar-refractivity contribution is 5.92. The Morgan fingerprint density at radius 2 is 1.48 bits per heavy atom. The van der Waals surface area contributed by atoms with Crippen molar-refractivity contribution in [3.63, 3.8) is 0 Å². The molecule has 6 heteroatoms. The minimum Gasteiger partial charge on any atom is -0.493 e. The van der Waals surface area contributed by atoms with E-state index < -0.39 is 5.97 Å². The molecule has 0 fully saturated rings. The Labute approximate surface area is 133 Å². The molecule has 0 spiro atoms. The van der Waals surface area contributed by atoms with Gasteiger partial charge in [-0.1, -0.05) is 0 Å². The summed E-state index contributed by atoms with van der Waals surface area (Å²) in [6, 6.07) is 9.21. The van der Waals surface area contributed by atoms with Gasteiger partial charge in [-0.25, -0.2) is 4.79 Å². The Morgan fingerprint density at radius 3 is 1.91 bits per heavy atom. The molecule has 0 saturated carbocycles. The highest BCUT2D eigenvalue weighted by Gasteiger charge is 2.18. The summed E-state index contributed by atoms with van der Waals surface area (Å²) in [5.41, 5.74) is 0.747. The number of carbonyl (C=O) groups is 2. The van der Waals surface area contributed by atoms with Gasteiger partial charge in [0, 0.05) is 5.56 Å². The summed E-state index contributed by atoms with van der Waals surface area (Å²) in [5, 5.41) is 0. The maximum Gasteiger partial charge on any atom is 0.343 e. The van der Waals surface area contributed by atoms with E-state index in [-0.39, 0.29) is 5.56 Å². The van der Waals surface area contributed by atoms with Gasteiger partial charge in [0.05, 0.1) is 26.9 Å². The molecular formula is C17H16O6. The second-order valence-electron chi connectivity index (χ2n) is 4.49. The van der Waals surface area contributed by atoms with Crippen molar-refractivity contribution in [3.8, 4) is 23.0 Å². The first-order valence-corrected chi connectivity index (χ1v) is 6.70. The molecule has 120 valence electrons. The minimum absolute atomic E-state index is 0.249. The summed E-state index contributed by atoms with van der Waals surface area (Å²) in [5.74, 6) is 0.851. The van der Waals surface area contributed by atoms with Gasteiger partial charge >= 0.3 is 5.97 Å². The summed E-state index contributed by atoms with van der Waals surface area (Å²) in [6.45, 7) is 0. The van der Waals surface area contributed by atoms with Crippen LogP contribution in [0.5, 0.6) is 23.0 Å². The van der Waals surface area contributed by atoms with Crippen molar-refractivity contribution >= 4 is 12.3 Å². The van der Waals surface area contributed by atoms with E-state index in [0.717, 1.165) is 0 Å². The number of carbonyl (C=O) groups excluding carboxylic acids is 2. The molecule has 2 aromatic carbocycles. The molecule has 0 heterocycles. The van der Waals surface area contributed by atoms with Crippen LogP contribution in [0, 0.1) is 0 Å². The number of hydrogen-bond acceptors (Lipinski definition) is 6. The minimum atomic E-state index is -0.580. The topological polar surface area (TPSA) is 71.1 Å². The lowest BCUT2D eigenvalue weighted by Crippen LogP contribution is -2.09. The van der Waals surface area contributed by atoms with Gasteiger partial charge in [-0.05, 0) is 36.4 Å². The SMILES string of the molecule is COc1cc(C(=O)Oc2ccc(C=O)cc2)cc(OC)c1OC. The summed E-state index contributed by atoms with van der Waals surface area (Å²) < 4.78 is 20.9. The zero-order valence-corrected chi connectivity index (χ0v) is 13.0. The maximum atomic E-state index is 12.3. The van der Waals surface area contributed by atoms with Crippen molar-refractivity contribution in [1.82, 2.24) is 0 Å². The van der Waals surface area contributed by atoms with E-state index in [4.69, 9.17) is 18.9 Å². The largest absolute Gasteiger partial charge is 0.493 e. The van der Waals surface area contributed by atoms with E-state index in [1.807, 2.05) is 0 Å². The number of esters is 1. The molecule has 0 atom stereocenters. The first-order valence-electron chi connectivity index (χ1n) is 6.70. The van der Waals surface area contributed by atoms with E-state index in [9.17, 15) is 9.59 Å². The van der Waals surface area contributed by atoms with Gasteiger partial charge in [0.2, 0.25) is 5.75 Å². The van der Waals surface area contributed by atoms with Crippen LogP contribution in [0.1, 0.15) is 20.7 Å². The smallest absolute Gasteiger partial charge is 0.343 e. The van der Waals surface area contributed by atoms with E-state index in [0.29, 0.717) is 34.8 Å². The second-order valence-corrected chi connectivity index (χ2v) is 4.49. The molecule has 2 aromatic rings. The van der Waals surface area contributed by atoms with Crippen molar-refractivity contribution in [1.29, 1.82) is 0 Å². The van der Waals surface area contributed by atoms with E-state index in [1.165, 1.54) is 33.5 Å². The molecule has 6 nitrogen and oxygen atoms in total. The second kappa shape index (κ2) is 7.31. The van der Waals surface area contributed by atoms with Crippen LogP contribution >= 0.6 is 0 Å². The van der Waals surface area contributed by atoms with Crippen LogP contribution in [0.15, 0.2) is 36.4 Å². The van der Waals surface area contributed by atoms with E-state index in [2.05, 4.69) is 0 Å². The maximum absolute atomic E-state index is 12.3. The molecule has 0 aliphatic carbocycles. The van der Waals surface area contributed by atoms with Crippen molar-refractivity contribution in [2.24, 2.45) is 0 Å². The van der Waals surface area contributed by atoms with Gasteiger partial charge in [-0.3, -0.25) is 4.79 Å². The number of hydrogen-bond donors (Lipinski definition) is 0. The summed E-state index contributed by atoms with van der Waals surface area (Å²) in [6.07, 6.45) is 0.713. The quantitative estimate of drug-likeness (QED) is 0.463. The molecule has 0 amide bonds. The predicted octanol–water partition coefficient (Wildman–Crippen LogP) is 2.74. The van der Waals surface area contributed by atoms with Crippen LogP contribution in [0.2, 0.25) is 0 Å². The van der Waals surface area contributed by atoms with Crippen LogP contribution in [0.4, 0.5) is 0 Å². The number of ether oxygens (including phenoxy) is 4. The lowest BCUT2D eigenvalue weighted by atomic mass is 10.2. The molecule has 0 aliphatic rings. The van der Waals surface area contributed by atoms with Crippen molar-refractivity contribution < 1.29 is 28.5 Å². The van der Waals surface area contributed by atoms with Gasteiger partial charge in [0.25, 0.3) is 0 Å². The fraction of sp³-hybridized carbons (Fsp3) is 0.176. The van der Waals surface area contributed by atoms with Gasteiger partial charge in [0.1, 0.15) is 12.0 Å². The Hall–Kier alpha value is -3.02. The number of rotatable bonds is 6. The first-order chi connectivity index (χ1) is 11.1. The standard InChI is InChI=1S/C17H16O6/c1-20-14-8-12(9-15(21-2)16(14)22-3)17(19)23-13-6-4-11(10-18)5-7-13/h4-10H,1-3H3. The number of aldehydes is 1. The fourth-order valence-corrected chi connectivity index (χ4v) is 1.98. The molecule has 0 aliphatic heterocycles. The van der Waals surface area contributed by atoms with Crippen LogP contribution in [0.25, 0.3) is 0 Å². The van der Waals surface area contributed by atoms with Crippen LogP contribution in [-0.2, 0) is 0 Å². The zero-order chi connectivity index (χ0) is 16.8. The van der Waals surface area contributed by atoms with Gasteiger partial charge in [-0.2, -0.15) is 0 Å². The van der Waals surface area contributed by atoms with Gasteiger partial charge < -0.3 is 18.9 Å². The summed E-state index contributed by atoms with van der Waals surface area (Å²) in [4.78, 5) is 22.9. The molecule has 0 N–H and O–H groups in total. The molecule has 0 bridgehead atoms. The molecular weight excluding hydrogens is 300 g/mol. The fourth-order valence-electron chi connectivity index (χ4n) is 1.98. The third kappa shape index (κ3) is 3.60. The Balaban J connectivity index is 2.29. The van der Waals surface area contributed by atoms with E-state index in [1.54, 1.807) is 24.3 Å². The van der Waals surface area contributed by atoms with Crippen molar-refractivity contribution in [2.45, 2.75) is 0 Å². The molecule has 0 radical (unpaired) electrons. The zero-order valence-electron chi connectivity index (χ0n) is 13.0. The van der Waals surface area contributed by atoms with Gasteiger partial charge in [-0.15, -0.1) is 0 Å². The predicted molar refractivity (Wildman–Crippen MR) is 82.9 cm³/mol. The summed E-state index contributed by atoms with van der Waals surface area (Å²) in [7, 11) is 4.40. The highest BCUT2D eigenvalue weighted by Crippen LogP contribution is 2.38.